The van der Waals surface area contributed by atoms with Crippen molar-refractivity contribution < 1.29 is 18.8 Å². The molecule has 12 N–H and O–H groups in total. The molecule has 3 heterocycles. The van der Waals surface area contributed by atoms with E-state index in [2.05, 4.69) is 52.6 Å². The quantitative estimate of drug-likeness (QED) is 0.0777. The van der Waals surface area contributed by atoms with Gasteiger partial charge in [-0.1, -0.05) is 126 Å². The number of aromatic nitrogens is 6. The second-order valence-corrected chi connectivity index (χ2v) is 14.8. The summed E-state index contributed by atoms with van der Waals surface area (Å²) in [5.41, 5.74) is 22.5. The Morgan fingerprint density at radius 2 is 0.906 bits per heavy atom. The van der Waals surface area contributed by atoms with Crippen LogP contribution in [-0.4, -0.2) is 48.7 Å². The van der Waals surface area contributed by atoms with Gasteiger partial charge in [-0.3, -0.25) is 31.2 Å². The maximum atomic E-state index is 14.3. The second-order valence-electron chi connectivity index (χ2n) is 13.7. The average molecular weight is 917 g/mol. The molecule has 0 bridgehead atoms. The molecule has 9 aromatic rings. The highest BCUT2D eigenvalue weighted by Crippen LogP contribution is 2.40. The molecular weight excluding hydrogens is 884 g/mol. The first-order valence-corrected chi connectivity index (χ1v) is 19.9. The first-order chi connectivity index (χ1) is 30.8. The van der Waals surface area contributed by atoms with Gasteiger partial charge in [0.1, 0.15) is 11.6 Å². The van der Waals surface area contributed by atoms with Crippen molar-refractivity contribution in [2.24, 2.45) is 17.2 Å². The number of nitriles is 1. The van der Waals surface area contributed by atoms with Gasteiger partial charge in [-0.2, -0.15) is 20.6 Å². The molecule has 9 rings (SSSR count). The summed E-state index contributed by atoms with van der Waals surface area (Å²) in [6, 6.07) is 33.6. The lowest BCUT2D eigenvalue weighted by molar-refractivity contribution is 0.258. The van der Waals surface area contributed by atoms with Crippen LogP contribution in [0.3, 0.4) is 0 Å². The highest BCUT2D eigenvalue weighted by atomic mass is 35.5. The Bertz CT molecular complexity index is 3120. The SMILES string of the molecule is Cc1c(Cl)c(-c2ccccc2)cc2c(NC(N)=O)n[nH]c12.N#Cc1c(Cl)c(-c2ccccc2)cc2c(NC(N)=O)n[nH]c12.NC(=O)Nc1n[nH]c2c(F)c(Cl)c(-c3ccccc3)cc12. The van der Waals surface area contributed by atoms with Gasteiger partial charge in [0.2, 0.25) is 0 Å². The van der Waals surface area contributed by atoms with Crippen molar-refractivity contribution >= 4 is 103 Å². The third-order valence-corrected chi connectivity index (χ3v) is 10.9. The van der Waals surface area contributed by atoms with Crippen LogP contribution in [0.5, 0.6) is 0 Å². The minimum Gasteiger partial charge on any atom is -0.351 e. The molecule has 0 spiro atoms. The van der Waals surface area contributed by atoms with E-state index in [0.717, 1.165) is 38.7 Å². The number of nitrogens with one attached hydrogen (secondary N) is 6. The Morgan fingerprint density at radius 3 is 1.31 bits per heavy atom. The van der Waals surface area contributed by atoms with Gasteiger partial charge in [-0.25, -0.2) is 18.8 Å². The molecule has 0 saturated carbocycles. The number of amides is 6. The Hall–Kier alpha value is -8.17. The lowest BCUT2D eigenvalue weighted by atomic mass is 10.0. The monoisotopic (exact) mass is 915 g/mol. The summed E-state index contributed by atoms with van der Waals surface area (Å²) < 4.78 is 14.3. The maximum Gasteiger partial charge on any atom is 0.317 e. The van der Waals surface area contributed by atoms with Crippen molar-refractivity contribution in [1.29, 1.82) is 5.26 Å². The van der Waals surface area contributed by atoms with Crippen molar-refractivity contribution in [2.45, 2.75) is 6.92 Å². The number of carbonyl (C=O) groups excluding carboxylic acids is 3. The van der Waals surface area contributed by atoms with E-state index in [-0.39, 0.29) is 27.7 Å². The fourth-order valence-corrected chi connectivity index (χ4v) is 7.57. The van der Waals surface area contributed by atoms with E-state index in [1.54, 1.807) is 12.1 Å². The molecule has 320 valence electrons. The van der Waals surface area contributed by atoms with Crippen LogP contribution in [0.1, 0.15) is 11.1 Å². The van der Waals surface area contributed by atoms with Crippen molar-refractivity contribution in [2.75, 3.05) is 16.0 Å². The van der Waals surface area contributed by atoms with Crippen LogP contribution in [0.4, 0.5) is 36.2 Å². The summed E-state index contributed by atoms with van der Waals surface area (Å²) in [7, 11) is 0. The number of halogens is 4. The predicted molar refractivity (Wildman–Crippen MR) is 249 cm³/mol. The fourth-order valence-electron chi connectivity index (χ4n) is 6.75. The van der Waals surface area contributed by atoms with E-state index < -0.39 is 23.9 Å². The first-order valence-electron chi connectivity index (χ1n) is 18.8. The van der Waals surface area contributed by atoms with Crippen LogP contribution in [0.15, 0.2) is 109 Å². The van der Waals surface area contributed by atoms with Crippen molar-refractivity contribution in [1.82, 2.24) is 30.6 Å². The zero-order chi connectivity index (χ0) is 45.7. The Kier molecular flexibility index (Phi) is 12.9. The molecule has 64 heavy (non-hydrogen) atoms. The van der Waals surface area contributed by atoms with Gasteiger partial charge in [0, 0.05) is 32.8 Å². The minimum absolute atomic E-state index is 0.0111. The normalized spacial score (nSPS) is 10.6. The van der Waals surface area contributed by atoms with E-state index >= 15 is 0 Å². The van der Waals surface area contributed by atoms with Gasteiger partial charge in [0.05, 0.1) is 31.7 Å². The number of hydrogen-bond acceptors (Lipinski definition) is 7. The Morgan fingerprint density at radius 1 is 0.562 bits per heavy atom. The number of aromatic amines is 3. The maximum absolute atomic E-state index is 14.3. The largest absolute Gasteiger partial charge is 0.351 e. The number of urea groups is 3. The van der Waals surface area contributed by atoms with Gasteiger partial charge in [0.25, 0.3) is 0 Å². The molecule has 0 atom stereocenters. The van der Waals surface area contributed by atoms with Crippen LogP contribution in [0, 0.1) is 24.1 Å². The molecule has 6 aromatic carbocycles. The van der Waals surface area contributed by atoms with Crippen molar-refractivity contribution in [3.05, 3.63) is 141 Å². The smallest absolute Gasteiger partial charge is 0.317 e. The Labute approximate surface area is 376 Å². The number of benzene rings is 6. The van der Waals surface area contributed by atoms with Crippen LogP contribution < -0.4 is 33.2 Å². The van der Waals surface area contributed by atoms with Gasteiger partial charge in [-0.05, 0) is 47.4 Å². The average Bonchev–Trinajstić information content (AvgIpc) is 4.00. The van der Waals surface area contributed by atoms with E-state index in [0.29, 0.717) is 43.3 Å². The molecule has 20 heteroatoms. The van der Waals surface area contributed by atoms with Gasteiger partial charge < -0.3 is 17.2 Å². The van der Waals surface area contributed by atoms with Crippen molar-refractivity contribution in [3.8, 4) is 39.4 Å². The first kappa shape index (κ1) is 43.9. The summed E-state index contributed by atoms with van der Waals surface area (Å²) >= 11 is 18.9. The molecular formula is C44H33Cl3FN13O3. The third-order valence-electron chi connectivity index (χ3n) is 9.66. The summed E-state index contributed by atoms with van der Waals surface area (Å²) in [4.78, 5) is 33.1. The topological polar surface area (TPSA) is 275 Å². The van der Waals surface area contributed by atoms with E-state index in [9.17, 15) is 24.0 Å². The molecule has 0 unspecified atom stereocenters. The van der Waals surface area contributed by atoms with Gasteiger partial charge >= 0.3 is 18.1 Å². The van der Waals surface area contributed by atoms with E-state index in [1.165, 1.54) is 0 Å². The molecule has 0 saturated heterocycles. The lowest BCUT2D eigenvalue weighted by Gasteiger charge is -2.09. The fraction of sp³-hybridized carbons (Fsp3) is 0.0227. The highest BCUT2D eigenvalue weighted by Gasteiger charge is 2.20. The molecule has 0 fully saturated rings. The molecule has 0 radical (unpaired) electrons. The van der Waals surface area contributed by atoms with Gasteiger partial charge in [0.15, 0.2) is 23.3 Å². The zero-order valence-corrected chi connectivity index (χ0v) is 35.4. The van der Waals surface area contributed by atoms with Crippen molar-refractivity contribution in [3.63, 3.8) is 0 Å². The predicted octanol–water partition coefficient (Wildman–Crippen LogP) is 10.4. The second kappa shape index (κ2) is 18.8. The highest BCUT2D eigenvalue weighted by molar-refractivity contribution is 6.36. The number of rotatable bonds is 6. The standard InChI is InChI=1S/C15H10ClN5O.C15H13ClN4O.C14H10ClFN4O/c16-12-9(8-4-2-1-3-5-8)6-10-13(11(12)7-17)20-21-14(10)19-15(18)22;1-8-12(16)10(9-5-3-2-4-6-9)7-11-13(8)19-20-14(11)18-15(17)21;15-10-8(7-4-2-1-3-5-7)6-9-12(11(10)16)19-20-13(9)18-14(17)21/h1-6H,(H4,18,19,20,21,22);2-7H,1H3,(H4,17,18,19,20,21);1-6H,(H4,17,18,19,20,21). The summed E-state index contributed by atoms with van der Waals surface area (Å²) in [6.07, 6.45) is 0. The summed E-state index contributed by atoms with van der Waals surface area (Å²) in [5.74, 6) is 0.186. The van der Waals surface area contributed by atoms with E-state index in [4.69, 9.17) is 52.0 Å². The molecule has 3 aromatic heterocycles. The molecule has 0 aliphatic carbocycles. The molecule has 6 amide bonds. The number of primary amides is 3. The third kappa shape index (κ3) is 9.05. The minimum atomic E-state index is -0.778. The van der Waals surface area contributed by atoms with Crippen LogP contribution in [0.2, 0.25) is 15.1 Å². The number of carbonyl (C=O) groups is 3. The summed E-state index contributed by atoms with van der Waals surface area (Å²) in [5, 5.41) is 39.3. The zero-order valence-electron chi connectivity index (χ0n) is 33.1. The van der Waals surface area contributed by atoms with Crippen LogP contribution in [0.25, 0.3) is 66.1 Å². The number of nitrogens with zero attached hydrogens (tertiary/aromatic N) is 4. The molecule has 0 aliphatic rings. The molecule has 16 nitrogen and oxygen atoms in total. The number of H-pyrrole nitrogens is 3. The van der Waals surface area contributed by atoms with Crippen LogP contribution >= 0.6 is 34.8 Å². The Balaban J connectivity index is 0.000000144. The number of anilines is 3. The lowest BCUT2D eigenvalue weighted by Crippen LogP contribution is -2.19. The number of fused-ring (bicyclic) bond motifs is 3. The summed E-state index contributed by atoms with van der Waals surface area (Å²) in [6.45, 7) is 1.91. The molecule has 0 aliphatic heterocycles. The number of hydrogen-bond donors (Lipinski definition) is 9. The number of aryl methyl sites for hydroxylation is 1. The van der Waals surface area contributed by atoms with Gasteiger partial charge in [-0.15, -0.1) is 0 Å². The van der Waals surface area contributed by atoms with Crippen LogP contribution in [-0.2, 0) is 0 Å². The number of nitrogens with two attached hydrogens (primary N) is 3. The van der Waals surface area contributed by atoms with E-state index in [1.807, 2.05) is 104 Å².